The molecule has 6 rings (SSSR count). The van der Waals surface area contributed by atoms with Crippen LogP contribution < -0.4 is 26.4 Å². The number of anilines is 2. The second kappa shape index (κ2) is 6.22. The van der Waals surface area contributed by atoms with Crippen LogP contribution in [0.15, 0.2) is 30.9 Å². The Labute approximate surface area is 175 Å². The van der Waals surface area contributed by atoms with E-state index in [2.05, 4.69) is 35.1 Å². The molecule has 0 bridgehead atoms. The van der Waals surface area contributed by atoms with Crippen molar-refractivity contribution in [3.63, 3.8) is 0 Å². The number of hydrogen-bond acceptors (Lipinski definition) is 9. The Hall–Kier alpha value is -3.57. The van der Waals surface area contributed by atoms with E-state index in [1.807, 2.05) is 0 Å². The van der Waals surface area contributed by atoms with E-state index in [0.29, 0.717) is 46.8 Å². The van der Waals surface area contributed by atoms with Gasteiger partial charge in [-0.3, -0.25) is 0 Å². The molecule has 3 aromatic heterocycles. The highest BCUT2D eigenvalue weighted by atomic mass is 19.1. The third kappa shape index (κ3) is 2.63. The number of H-pyrrole nitrogens is 1. The lowest BCUT2D eigenvalue weighted by atomic mass is 10.1. The van der Waals surface area contributed by atoms with E-state index in [1.165, 1.54) is 30.9 Å². The third-order valence-corrected chi connectivity index (χ3v) is 6.32. The molecule has 1 saturated heterocycles. The molecule has 11 heteroatoms. The monoisotopic (exact) mass is 421 g/mol. The fourth-order valence-electron chi connectivity index (χ4n) is 4.61. The predicted octanol–water partition coefficient (Wildman–Crippen LogP) is 1.35. The molecule has 0 radical (unpaired) electrons. The first kappa shape index (κ1) is 18.2. The zero-order chi connectivity index (χ0) is 21.3. The molecule has 3 atom stereocenters. The van der Waals surface area contributed by atoms with E-state index in [9.17, 15) is 4.39 Å². The smallest absolute Gasteiger partial charge is 0.326 e. The summed E-state index contributed by atoms with van der Waals surface area (Å²) in [5, 5.41) is 4.41. The lowest BCUT2D eigenvalue weighted by Crippen LogP contribution is -2.41. The van der Waals surface area contributed by atoms with Gasteiger partial charge in [-0.1, -0.05) is 0 Å². The van der Waals surface area contributed by atoms with Crippen molar-refractivity contribution in [1.29, 1.82) is 0 Å². The molecule has 3 unspecified atom stereocenters. The summed E-state index contributed by atoms with van der Waals surface area (Å²) in [7, 11) is 1.74. The number of nitrogens with two attached hydrogens (primary N) is 2. The van der Waals surface area contributed by atoms with Crippen molar-refractivity contribution in [2.24, 2.45) is 17.4 Å². The van der Waals surface area contributed by atoms with E-state index in [0.717, 1.165) is 5.52 Å². The van der Waals surface area contributed by atoms with Gasteiger partial charge in [-0.2, -0.15) is 9.97 Å². The molecule has 4 aromatic rings. The Morgan fingerprint density at radius 2 is 2.10 bits per heavy atom. The van der Waals surface area contributed by atoms with E-state index in [4.69, 9.17) is 16.2 Å². The maximum Gasteiger partial charge on any atom is 0.326 e. The van der Waals surface area contributed by atoms with Crippen molar-refractivity contribution < 1.29 is 9.13 Å². The largest absolute Gasteiger partial charge is 0.421 e. The van der Waals surface area contributed by atoms with Gasteiger partial charge in [0.25, 0.3) is 0 Å². The van der Waals surface area contributed by atoms with E-state index in [-0.39, 0.29) is 23.8 Å². The van der Waals surface area contributed by atoms with Gasteiger partial charge in [0, 0.05) is 37.5 Å². The third-order valence-electron chi connectivity index (χ3n) is 6.32. The van der Waals surface area contributed by atoms with Crippen LogP contribution in [-0.4, -0.2) is 56.6 Å². The Kier molecular flexibility index (Phi) is 3.65. The summed E-state index contributed by atoms with van der Waals surface area (Å²) in [5.74, 6) is 0.874. The Balaban J connectivity index is 1.55. The molecule has 2 aliphatic rings. The zero-order valence-corrected chi connectivity index (χ0v) is 16.6. The number of hydrogen-bond donors (Lipinski definition) is 4. The molecule has 2 fully saturated rings. The molecule has 0 spiro atoms. The number of benzene rings is 1. The first-order valence-electron chi connectivity index (χ1n) is 9.91. The molecule has 1 aromatic carbocycles. The molecule has 158 valence electrons. The second-order valence-electron chi connectivity index (χ2n) is 8.11. The number of aromatic nitrogens is 5. The topological polar surface area (TPSA) is 144 Å². The van der Waals surface area contributed by atoms with Gasteiger partial charge >= 0.3 is 6.01 Å². The average Bonchev–Trinajstić information content (AvgIpc) is 3.08. The van der Waals surface area contributed by atoms with Crippen LogP contribution in [0, 0.1) is 11.7 Å². The van der Waals surface area contributed by atoms with Crippen LogP contribution in [0.2, 0.25) is 0 Å². The van der Waals surface area contributed by atoms with Gasteiger partial charge in [0.15, 0.2) is 5.75 Å². The van der Waals surface area contributed by atoms with E-state index >= 15 is 0 Å². The second-order valence-corrected chi connectivity index (χ2v) is 8.11. The number of fused-ring (bicyclic) bond motifs is 4. The van der Waals surface area contributed by atoms with Crippen LogP contribution in [0.3, 0.4) is 0 Å². The number of nitrogens with zero attached hydrogens (tertiary/aromatic N) is 5. The number of rotatable bonds is 4. The maximum absolute atomic E-state index is 14.4. The molecule has 31 heavy (non-hydrogen) atoms. The van der Waals surface area contributed by atoms with Gasteiger partial charge in [0.1, 0.15) is 23.6 Å². The zero-order valence-electron chi connectivity index (χ0n) is 16.6. The molecule has 0 amide bonds. The molecule has 6 N–H and O–H groups in total. The Bertz CT molecular complexity index is 1330. The van der Waals surface area contributed by atoms with E-state index in [1.54, 1.807) is 7.05 Å². The maximum atomic E-state index is 14.4. The first-order valence-corrected chi connectivity index (χ1v) is 9.91. The minimum Gasteiger partial charge on any atom is -0.421 e. The van der Waals surface area contributed by atoms with Crippen molar-refractivity contribution in [3.8, 4) is 11.8 Å². The Morgan fingerprint density at radius 1 is 1.29 bits per heavy atom. The minimum atomic E-state index is -0.431. The number of aromatic amines is 1. The highest BCUT2D eigenvalue weighted by Crippen LogP contribution is 2.49. The Morgan fingerprint density at radius 3 is 2.81 bits per heavy atom. The van der Waals surface area contributed by atoms with Gasteiger partial charge in [0.05, 0.1) is 34.5 Å². The van der Waals surface area contributed by atoms with Crippen LogP contribution >= 0.6 is 0 Å². The molecule has 1 aliphatic carbocycles. The van der Waals surface area contributed by atoms with Crippen LogP contribution in [0.5, 0.6) is 11.8 Å². The van der Waals surface area contributed by atoms with E-state index < -0.39 is 5.54 Å². The van der Waals surface area contributed by atoms with Gasteiger partial charge in [-0.25, -0.2) is 14.4 Å². The van der Waals surface area contributed by atoms with Crippen LogP contribution in [0.1, 0.15) is 0 Å². The highest BCUT2D eigenvalue weighted by molar-refractivity contribution is 6.14. The van der Waals surface area contributed by atoms with Gasteiger partial charge < -0.3 is 31.4 Å². The van der Waals surface area contributed by atoms with Gasteiger partial charge in [0.2, 0.25) is 0 Å². The van der Waals surface area contributed by atoms with Crippen molar-refractivity contribution in [3.05, 3.63) is 36.7 Å². The number of ether oxygens (including phenoxy) is 1. The molecule has 4 heterocycles. The summed E-state index contributed by atoms with van der Waals surface area (Å²) >= 11 is 0. The molecule has 1 aliphatic heterocycles. The molecule has 1 saturated carbocycles. The van der Waals surface area contributed by atoms with Crippen LogP contribution in [0.4, 0.5) is 15.9 Å². The van der Waals surface area contributed by atoms with Crippen molar-refractivity contribution in [2.45, 2.75) is 11.6 Å². The summed E-state index contributed by atoms with van der Waals surface area (Å²) in [5.41, 5.74) is 14.0. The van der Waals surface area contributed by atoms with Crippen molar-refractivity contribution in [2.75, 3.05) is 30.4 Å². The number of piperidine rings is 1. The fourth-order valence-corrected chi connectivity index (χ4v) is 4.61. The highest BCUT2D eigenvalue weighted by Gasteiger charge is 2.65. The quantitative estimate of drug-likeness (QED) is 0.384. The first-order chi connectivity index (χ1) is 15.0. The lowest BCUT2D eigenvalue weighted by molar-refractivity contribution is 0.439. The lowest BCUT2D eigenvalue weighted by Gasteiger charge is -2.23. The van der Waals surface area contributed by atoms with Crippen molar-refractivity contribution >= 4 is 33.4 Å². The normalized spacial score (nSPS) is 24.6. The summed E-state index contributed by atoms with van der Waals surface area (Å²) in [6.45, 7) is 1.22. The van der Waals surface area contributed by atoms with Crippen LogP contribution in [-0.2, 0) is 0 Å². The van der Waals surface area contributed by atoms with Crippen LogP contribution in [0.25, 0.3) is 21.9 Å². The summed E-state index contributed by atoms with van der Waals surface area (Å²) < 4.78 is 20.2. The summed E-state index contributed by atoms with van der Waals surface area (Å²) in [4.78, 5) is 22.5. The average molecular weight is 421 g/mol. The summed E-state index contributed by atoms with van der Waals surface area (Å²) in [6, 6.07) is 3.03. The number of nitrogens with one attached hydrogen (secondary N) is 2. The fraction of sp³-hybridized carbons (Fsp3) is 0.300. The van der Waals surface area contributed by atoms with Crippen molar-refractivity contribution in [1.82, 2.24) is 24.9 Å². The minimum absolute atomic E-state index is 0.0189. The van der Waals surface area contributed by atoms with Gasteiger partial charge in [-0.15, -0.1) is 0 Å². The molecule has 10 nitrogen and oxygen atoms in total. The molecular weight excluding hydrogens is 401 g/mol. The number of halogens is 1. The standard InChI is InChI=1S/C20H20FN9O/c1-24-13-3-9(21)2-11-14-17(27-15(11)13)28-19(31-10-4-25-8-26-5-10)29-18(14)30-6-12-16(22)20(12,23)7-30/h2-5,8,12,16,24H,6-7,22-23H2,1H3,(H,27,28,29). The molecular formula is C20H20FN9O. The summed E-state index contributed by atoms with van der Waals surface area (Å²) in [6.07, 6.45) is 4.46. The predicted molar refractivity (Wildman–Crippen MR) is 114 cm³/mol. The SMILES string of the molecule is CNc1cc(F)cc2c1[nH]c1nc(Oc3cncnc3)nc(N3CC4C(N)C4(N)C3)c12. The van der Waals surface area contributed by atoms with Gasteiger partial charge in [-0.05, 0) is 12.1 Å².